The van der Waals surface area contributed by atoms with Crippen molar-refractivity contribution >= 4 is 11.8 Å². The van der Waals surface area contributed by atoms with Gasteiger partial charge in [-0.1, -0.05) is 109 Å². The predicted octanol–water partition coefficient (Wildman–Crippen LogP) is 10.9. The van der Waals surface area contributed by atoms with Gasteiger partial charge in [0.05, 0.1) is 6.61 Å². The normalized spacial score (nSPS) is 26.0. The minimum absolute atomic E-state index is 0.178. The SMILES string of the molecule is C=C1CCC(C)(C)C=C1C.CC(=O)OCC1CCC(C)(C)C=C1C.CC1=CC(C)(C)CCC1=O.CC1=CC(C)(C)CCC1CO. The van der Waals surface area contributed by atoms with Gasteiger partial charge in [0.2, 0.25) is 0 Å². The van der Waals surface area contributed by atoms with Crippen molar-refractivity contribution in [1.82, 2.24) is 0 Å². The standard InChI is InChI=1S/C12H20O2.C10H18O.C10H16.C9H14O/c1-9-7-12(3,4)6-5-11(9)8-14-10(2)13;1-8-6-10(2,3)5-4-9(8)7-11;1-8-5-6-10(3,4)7-9(8)2;1-7-6-9(2,3)5-4-8(7)10/h7,11H,5-6,8H2,1-4H3;6,9,11H,4-5,7H2,1-3H3;7H,1,5-6H2,2-4H3;6H,4-5H2,1-3H3. The van der Waals surface area contributed by atoms with Gasteiger partial charge < -0.3 is 9.84 Å². The van der Waals surface area contributed by atoms with Crippen LogP contribution in [-0.2, 0) is 14.3 Å². The molecule has 0 saturated carbocycles. The van der Waals surface area contributed by atoms with Crippen LogP contribution in [0, 0.1) is 33.5 Å². The third-order valence-corrected chi connectivity index (χ3v) is 9.79. The molecule has 1 N–H and O–H groups in total. The lowest BCUT2D eigenvalue weighted by molar-refractivity contribution is -0.142. The Morgan fingerprint density at radius 3 is 1.51 bits per heavy atom. The summed E-state index contributed by atoms with van der Waals surface area (Å²) in [5, 5.41) is 8.99. The molecule has 0 heterocycles. The minimum Gasteiger partial charge on any atom is -0.465 e. The fourth-order valence-electron chi connectivity index (χ4n) is 6.63. The summed E-state index contributed by atoms with van der Waals surface area (Å²) in [5.41, 5.74) is 7.70. The van der Waals surface area contributed by atoms with E-state index in [9.17, 15) is 9.59 Å². The van der Waals surface area contributed by atoms with E-state index >= 15 is 0 Å². The highest BCUT2D eigenvalue weighted by atomic mass is 16.5. The first kappa shape index (κ1) is 40.8. The van der Waals surface area contributed by atoms with Crippen LogP contribution < -0.4 is 0 Å². The number of ether oxygens (including phenoxy) is 1. The monoisotopic (exact) mass is 625 g/mol. The summed E-state index contributed by atoms with van der Waals surface area (Å²) < 4.78 is 5.04. The molecular formula is C41H68O4. The number of hydrogen-bond donors (Lipinski definition) is 1. The van der Waals surface area contributed by atoms with Crippen molar-refractivity contribution in [3.05, 3.63) is 58.7 Å². The van der Waals surface area contributed by atoms with Crippen molar-refractivity contribution in [2.24, 2.45) is 33.5 Å². The maximum Gasteiger partial charge on any atom is 0.302 e. The van der Waals surface area contributed by atoms with Crippen molar-refractivity contribution in [1.29, 1.82) is 0 Å². The van der Waals surface area contributed by atoms with Gasteiger partial charge in [0, 0.05) is 31.8 Å². The van der Waals surface area contributed by atoms with Crippen LogP contribution in [0.15, 0.2) is 58.7 Å². The highest BCUT2D eigenvalue weighted by molar-refractivity contribution is 5.95. The molecule has 2 unspecified atom stereocenters. The number of carbonyl (C=O) groups is 2. The van der Waals surface area contributed by atoms with Crippen LogP contribution in [-0.4, -0.2) is 30.1 Å². The number of carbonyl (C=O) groups excluding carboxylic acids is 2. The predicted molar refractivity (Wildman–Crippen MR) is 192 cm³/mol. The highest BCUT2D eigenvalue weighted by Gasteiger charge is 2.27. The second kappa shape index (κ2) is 17.1. The minimum atomic E-state index is -0.178. The molecule has 4 nitrogen and oxygen atoms in total. The molecule has 0 aromatic rings. The quantitative estimate of drug-likeness (QED) is 0.251. The molecule has 0 spiro atoms. The van der Waals surface area contributed by atoms with Crippen LogP contribution >= 0.6 is 0 Å². The molecule has 0 bridgehead atoms. The van der Waals surface area contributed by atoms with Gasteiger partial charge >= 0.3 is 5.97 Å². The Kier molecular flexibility index (Phi) is 15.5. The maximum absolute atomic E-state index is 11.0. The van der Waals surface area contributed by atoms with Crippen LogP contribution in [0.1, 0.15) is 141 Å². The molecule has 0 amide bonds. The zero-order valence-electron chi connectivity index (χ0n) is 31.4. The van der Waals surface area contributed by atoms with E-state index in [1.807, 2.05) is 6.92 Å². The Morgan fingerprint density at radius 2 is 1.16 bits per heavy atom. The first-order valence-electron chi connectivity index (χ1n) is 17.2. The molecule has 4 aliphatic carbocycles. The van der Waals surface area contributed by atoms with E-state index in [1.54, 1.807) is 0 Å². The number of aliphatic hydroxyl groups excluding tert-OH is 1. The first-order valence-corrected chi connectivity index (χ1v) is 17.2. The maximum atomic E-state index is 11.0. The number of ketones is 1. The van der Waals surface area contributed by atoms with Crippen molar-refractivity contribution in [2.45, 2.75) is 141 Å². The molecule has 256 valence electrons. The molecule has 0 saturated heterocycles. The lowest BCUT2D eigenvalue weighted by Crippen LogP contribution is -2.23. The lowest BCUT2D eigenvalue weighted by atomic mass is 9.75. The van der Waals surface area contributed by atoms with Crippen molar-refractivity contribution in [3.8, 4) is 0 Å². The van der Waals surface area contributed by atoms with Gasteiger partial charge in [0.15, 0.2) is 5.78 Å². The van der Waals surface area contributed by atoms with Crippen LogP contribution in [0.5, 0.6) is 0 Å². The van der Waals surface area contributed by atoms with Gasteiger partial charge in [-0.25, -0.2) is 0 Å². The molecule has 4 heteroatoms. The number of rotatable bonds is 3. The summed E-state index contributed by atoms with van der Waals surface area (Å²) in [4.78, 5) is 21.7. The van der Waals surface area contributed by atoms with Crippen LogP contribution in [0.4, 0.5) is 0 Å². The molecule has 4 rings (SSSR count). The number of hydrogen-bond acceptors (Lipinski definition) is 4. The number of allylic oxidation sites excluding steroid dienone is 7. The second-order valence-electron chi connectivity index (χ2n) is 16.9. The molecule has 0 radical (unpaired) electrons. The van der Waals surface area contributed by atoms with Crippen molar-refractivity contribution < 1.29 is 19.4 Å². The van der Waals surface area contributed by atoms with Gasteiger partial charge in [-0.05, 0) is 99.9 Å². The summed E-state index contributed by atoms with van der Waals surface area (Å²) in [6, 6.07) is 0. The first-order chi connectivity index (χ1) is 20.5. The average Bonchev–Trinajstić information content (AvgIpc) is 2.88. The largest absolute Gasteiger partial charge is 0.465 e. The van der Waals surface area contributed by atoms with Crippen molar-refractivity contribution in [3.63, 3.8) is 0 Å². The van der Waals surface area contributed by atoms with Gasteiger partial charge in [-0.2, -0.15) is 0 Å². The number of Topliss-reactive ketones (excluding diaryl/α,β-unsaturated/α-hetero) is 1. The smallest absolute Gasteiger partial charge is 0.302 e. The van der Waals surface area contributed by atoms with E-state index in [0.29, 0.717) is 47.1 Å². The van der Waals surface area contributed by atoms with Gasteiger partial charge in [0.1, 0.15) is 0 Å². The summed E-state index contributed by atoms with van der Waals surface area (Å²) in [6.45, 7) is 32.6. The third kappa shape index (κ3) is 15.8. The van der Waals surface area contributed by atoms with E-state index in [1.165, 1.54) is 54.9 Å². The lowest BCUT2D eigenvalue weighted by Gasteiger charge is -2.31. The average molecular weight is 625 g/mol. The van der Waals surface area contributed by atoms with Crippen LogP contribution in [0.3, 0.4) is 0 Å². The zero-order chi connectivity index (χ0) is 34.8. The van der Waals surface area contributed by atoms with Crippen molar-refractivity contribution in [2.75, 3.05) is 13.2 Å². The molecule has 0 aromatic carbocycles. The molecule has 0 aliphatic heterocycles. The van der Waals surface area contributed by atoms with Crippen LogP contribution in [0.2, 0.25) is 0 Å². The number of esters is 1. The molecule has 2 atom stereocenters. The fraction of sp³-hybridized carbons (Fsp3) is 0.707. The topological polar surface area (TPSA) is 63.6 Å². The Bertz CT molecular complexity index is 1110. The van der Waals surface area contributed by atoms with Gasteiger partial charge in [-0.3, -0.25) is 9.59 Å². The fourth-order valence-corrected chi connectivity index (χ4v) is 6.63. The third-order valence-electron chi connectivity index (χ3n) is 9.79. The Morgan fingerprint density at radius 1 is 0.733 bits per heavy atom. The summed E-state index contributed by atoms with van der Waals surface area (Å²) in [5.74, 6) is 1.01. The van der Waals surface area contributed by atoms with Crippen LogP contribution in [0.25, 0.3) is 0 Å². The van der Waals surface area contributed by atoms with E-state index in [4.69, 9.17) is 9.84 Å². The van der Waals surface area contributed by atoms with E-state index in [-0.39, 0.29) is 11.4 Å². The molecule has 45 heavy (non-hydrogen) atoms. The molecule has 4 aliphatic rings. The summed E-state index contributed by atoms with van der Waals surface area (Å²) in [7, 11) is 0. The number of aliphatic hydroxyl groups is 1. The Hall–Kier alpha value is -2.20. The Balaban J connectivity index is 0.000000303. The van der Waals surface area contributed by atoms with Gasteiger partial charge in [0.25, 0.3) is 0 Å². The summed E-state index contributed by atoms with van der Waals surface area (Å²) >= 11 is 0. The molecule has 0 fully saturated rings. The van der Waals surface area contributed by atoms with E-state index in [0.717, 1.165) is 31.3 Å². The van der Waals surface area contributed by atoms with E-state index < -0.39 is 0 Å². The van der Waals surface area contributed by atoms with E-state index in [2.05, 4.69) is 107 Å². The highest BCUT2D eigenvalue weighted by Crippen LogP contribution is 2.38. The summed E-state index contributed by atoms with van der Waals surface area (Å²) in [6.07, 6.45) is 17.8. The van der Waals surface area contributed by atoms with Gasteiger partial charge in [-0.15, -0.1) is 0 Å². The molecular weight excluding hydrogens is 556 g/mol. The Labute approximate surface area is 277 Å². The molecule has 0 aromatic heterocycles. The second-order valence-corrected chi connectivity index (χ2v) is 16.9. The zero-order valence-corrected chi connectivity index (χ0v) is 31.4.